The topological polar surface area (TPSA) is 72.8 Å². The minimum absolute atomic E-state index is 0.131. The third kappa shape index (κ3) is 32.1. The summed E-state index contributed by atoms with van der Waals surface area (Å²) in [6.07, 6.45) is 23.9. The van der Waals surface area contributed by atoms with Gasteiger partial charge in [0.2, 0.25) is 0 Å². The molecule has 31 heavy (non-hydrogen) atoms. The highest BCUT2D eigenvalue weighted by molar-refractivity contribution is 7.80. The van der Waals surface area contributed by atoms with Gasteiger partial charge in [-0.05, 0) is 12.8 Å². The second kappa shape index (κ2) is 26.1. The van der Waals surface area contributed by atoms with Crippen LogP contribution in [-0.4, -0.2) is 32.3 Å². The molecule has 0 fully saturated rings. The maximum absolute atomic E-state index is 10.3. The van der Waals surface area contributed by atoms with Crippen LogP contribution in [0.1, 0.15) is 143 Å². The van der Waals surface area contributed by atoms with E-state index >= 15 is 0 Å². The molecule has 190 valence electrons. The molecule has 5 nitrogen and oxygen atoms in total. The zero-order chi connectivity index (χ0) is 23.6. The van der Waals surface area contributed by atoms with Crippen molar-refractivity contribution in [3.8, 4) is 0 Å². The zero-order valence-electron chi connectivity index (χ0n) is 21.2. The summed E-state index contributed by atoms with van der Waals surface area (Å²) in [5.41, 5.74) is 0. The van der Waals surface area contributed by atoms with Crippen LogP contribution in [-0.2, 0) is 19.3 Å². The Kier molecular flexibility index (Phi) is 27.8. The van der Waals surface area contributed by atoms with E-state index in [4.69, 9.17) is 9.29 Å². The van der Waals surface area contributed by atoms with Crippen LogP contribution in [0.3, 0.4) is 0 Å². The molecule has 0 aromatic heterocycles. The van der Waals surface area contributed by atoms with Crippen LogP contribution in [0.15, 0.2) is 0 Å². The largest absolute Gasteiger partial charge is 0.397 e. The monoisotopic (exact) mass is 466 g/mol. The number of ether oxygens (including phenoxy) is 1. The molecule has 0 saturated carbocycles. The van der Waals surface area contributed by atoms with Gasteiger partial charge in [0.1, 0.15) is 0 Å². The minimum atomic E-state index is -4.34. The Labute approximate surface area is 195 Å². The Morgan fingerprint density at radius 2 is 1.00 bits per heavy atom. The predicted molar refractivity (Wildman–Crippen MR) is 133 cm³/mol. The van der Waals surface area contributed by atoms with Crippen LogP contribution in [0.25, 0.3) is 0 Å². The molecule has 0 aromatic carbocycles. The van der Waals surface area contributed by atoms with E-state index in [0.717, 1.165) is 25.7 Å². The lowest BCUT2D eigenvalue weighted by molar-refractivity contribution is 0.0214. The first-order chi connectivity index (χ1) is 14.9. The number of rotatable bonds is 22. The van der Waals surface area contributed by atoms with E-state index in [-0.39, 0.29) is 19.3 Å². The van der Waals surface area contributed by atoms with Gasteiger partial charge in [-0.25, -0.2) is 4.18 Å². The van der Waals surface area contributed by atoms with Crippen LogP contribution in [0.2, 0.25) is 0 Å². The fraction of sp³-hybridized carbons (Fsp3) is 1.00. The Morgan fingerprint density at radius 1 is 0.581 bits per heavy atom. The van der Waals surface area contributed by atoms with Crippen molar-refractivity contribution in [1.82, 2.24) is 0 Å². The van der Waals surface area contributed by atoms with E-state index in [1.165, 1.54) is 89.9 Å². The fourth-order valence-corrected chi connectivity index (χ4v) is 3.80. The molecule has 1 unspecified atom stereocenters. The van der Waals surface area contributed by atoms with Gasteiger partial charge >= 0.3 is 10.4 Å². The van der Waals surface area contributed by atoms with E-state index in [1.54, 1.807) is 0 Å². The first kappa shape index (κ1) is 33.0. The minimum Gasteiger partial charge on any atom is -0.376 e. The van der Waals surface area contributed by atoms with E-state index < -0.39 is 10.4 Å². The maximum atomic E-state index is 10.3. The molecule has 6 heteroatoms. The van der Waals surface area contributed by atoms with Crippen LogP contribution in [0.4, 0.5) is 0 Å². The molecule has 0 aliphatic rings. The third-order valence-electron chi connectivity index (χ3n) is 5.37. The molecule has 0 saturated heterocycles. The molecule has 0 radical (unpaired) electrons. The molecule has 0 amide bonds. The Hall–Kier alpha value is -0.170. The van der Waals surface area contributed by atoms with Crippen molar-refractivity contribution in [2.45, 2.75) is 149 Å². The van der Waals surface area contributed by atoms with Gasteiger partial charge in [-0.2, -0.15) is 8.42 Å². The Balaban J connectivity index is 0. The lowest BCUT2D eigenvalue weighted by atomic mass is 10.1. The van der Waals surface area contributed by atoms with Crippen LogP contribution in [0, 0.1) is 0 Å². The van der Waals surface area contributed by atoms with E-state index in [1.807, 2.05) is 0 Å². The molecule has 1 atom stereocenters. The molecule has 0 rings (SSSR count). The van der Waals surface area contributed by atoms with E-state index in [9.17, 15) is 8.42 Å². The van der Waals surface area contributed by atoms with Gasteiger partial charge in [-0.1, -0.05) is 130 Å². The first-order valence-electron chi connectivity index (χ1n) is 13.1. The SMILES string of the molecule is CCCCCCC(CCC)OCCOS(=O)(=O)O.CCCCCCCCCCCCC. The molecule has 0 aromatic rings. The number of unbranched alkanes of at least 4 members (excludes halogenated alkanes) is 13. The molecule has 0 heterocycles. The standard InChI is InChI=1S/C13H28.C12H26O5S/c1-3-5-7-9-11-13-12-10-8-6-4-2;1-3-5-6-7-9-12(8-4-2)16-10-11-17-18(13,14)15/h3-13H2,1-2H3;12H,3-11H2,1-2H3,(H,13,14,15). The van der Waals surface area contributed by atoms with Crippen molar-refractivity contribution >= 4 is 10.4 Å². The normalized spacial score (nSPS) is 12.4. The van der Waals surface area contributed by atoms with Crippen molar-refractivity contribution in [1.29, 1.82) is 0 Å². The second-order valence-electron chi connectivity index (χ2n) is 8.56. The van der Waals surface area contributed by atoms with Gasteiger partial charge in [-0.3, -0.25) is 4.55 Å². The molecular weight excluding hydrogens is 412 g/mol. The summed E-state index contributed by atoms with van der Waals surface area (Å²) in [6, 6.07) is 0. The molecule has 0 bridgehead atoms. The Morgan fingerprint density at radius 3 is 1.39 bits per heavy atom. The molecule has 1 N–H and O–H groups in total. The Bertz CT molecular complexity index is 416. The molecular formula is C25H54O5S. The summed E-state index contributed by atoms with van der Waals surface area (Å²) < 4.78 is 38.8. The van der Waals surface area contributed by atoms with Crippen LogP contribution >= 0.6 is 0 Å². The average Bonchev–Trinajstić information content (AvgIpc) is 2.73. The van der Waals surface area contributed by atoms with E-state index in [2.05, 4.69) is 31.9 Å². The summed E-state index contributed by atoms with van der Waals surface area (Å²) in [6.45, 7) is 8.89. The quantitative estimate of drug-likeness (QED) is 0.128. The molecule has 0 spiro atoms. The van der Waals surface area contributed by atoms with Crippen LogP contribution in [0.5, 0.6) is 0 Å². The van der Waals surface area contributed by atoms with Gasteiger partial charge in [0.05, 0.1) is 19.3 Å². The van der Waals surface area contributed by atoms with Crippen molar-refractivity contribution in [2.75, 3.05) is 13.2 Å². The maximum Gasteiger partial charge on any atom is 0.397 e. The predicted octanol–water partition coefficient (Wildman–Crippen LogP) is 8.28. The van der Waals surface area contributed by atoms with Crippen LogP contribution < -0.4 is 0 Å². The number of hydrogen-bond donors (Lipinski definition) is 1. The summed E-state index contributed by atoms with van der Waals surface area (Å²) >= 11 is 0. The smallest absolute Gasteiger partial charge is 0.376 e. The lowest BCUT2D eigenvalue weighted by Gasteiger charge is -2.16. The van der Waals surface area contributed by atoms with Crippen molar-refractivity contribution < 1.29 is 21.9 Å². The third-order valence-corrected chi connectivity index (χ3v) is 5.83. The van der Waals surface area contributed by atoms with Gasteiger partial charge < -0.3 is 4.74 Å². The summed E-state index contributed by atoms with van der Waals surface area (Å²) in [5.74, 6) is 0. The zero-order valence-corrected chi connectivity index (χ0v) is 22.0. The lowest BCUT2D eigenvalue weighted by Crippen LogP contribution is -2.17. The highest BCUT2D eigenvalue weighted by Gasteiger charge is 2.09. The highest BCUT2D eigenvalue weighted by atomic mass is 32.3. The first-order valence-corrected chi connectivity index (χ1v) is 14.5. The second-order valence-corrected chi connectivity index (χ2v) is 9.65. The fourth-order valence-electron chi connectivity index (χ4n) is 3.52. The van der Waals surface area contributed by atoms with Crippen molar-refractivity contribution in [3.05, 3.63) is 0 Å². The van der Waals surface area contributed by atoms with Crippen molar-refractivity contribution in [3.63, 3.8) is 0 Å². The summed E-state index contributed by atoms with van der Waals surface area (Å²) in [4.78, 5) is 0. The van der Waals surface area contributed by atoms with Gasteiger partial charge in [0, 0.05) is 0 Å². The molecule has 0 aliphatic carbocycles. The summed E-state index contributed by atoms with van der Waals surface area (Å²) in [7, 11) is -4.34. The van der Waals surface area contributed by atoms with Gasteiger partial charge in [0.15, 0.2) is 0 Å². The summed E-state index contributed by atoms with van der Waals surface area (Å²) in [5, 5.41) is 0. The number of hydrogen-bond acceptors (Lipinski definition) is 4. The highest BCUT2D eigenvalue weighted by Crippen LogP contribution is 2.13. The van der Waals surface area contributed by atoms with Crippen molar-refractivity contribution in [2.24, 2.45) is 0 Å². The van der Waals surface area contributed by atoms with Gasteiger partial charge in [0.25, 0.3) is 0 Å². The van der Waals surface area contributed by atoms with Gasteiger partial charge in [-0.15, -0.1) is 0 Å². The molecule has 0 aliphatic heterocycles. The average molecular weight is 467 g/mol. The van der Waals surface area contributed by atoms with E-state index in [0.29, 0.717) is 0 Å².